The minimum atomic E-state index is -0.896. The second kappa shape index (κ2) is 10.3. The van der Waals surface area contributed by atoms with Crippen LogP contribution in [-0.2, 0) is 9.59 Å². The Labute approximate surface area is 217 Å². The molecule has 7 nitrogen and oxygen atoms in total. The average molecular weight is 547 g/mol. The number of aliphatic hydroxyl groups is 1. The van der Waals surface area contributed by atoms with Crippen LogP contribution >= 0.6 is 15.9 Å². The monoisotopic (exact) mass is 546 g/mol. The van der Waals surface area contributed by atoms with Crippen molar-refractivity contribution in [2.45, 2.75) is 26.0 Å². The summed E-state index contributed by atoms with van der Waals surface area (Å²) in [5, 5.41) is 20.5. The van der Waals surface area contributed by atoms with E-state index in [1.807, 2.05) is 19.9 Å². The molecule has 0 aromatic heterocycles. The van der Waals surface area contributed by atoms with Crippen LogP contribution in [0.4, 0.5) is 5.69 Å². The van der Waals surface area contributed by atoms with Gasteiger partial charge in [0.25, 0.3) is 11.7 Å². The van der Waals surface area contributed by atoms with Crippen LogP contribution in [0.2, 0.25) is 0 Å². The molecule has 0 aliphatic carbocycles. The molecule has 182 valence electrons. The lowest BCUT2D eigenvalue weighted by molar-refractivity contribution is -0.132. The van der Waals surface area contributed by atoms with Gasteiger partial charge in [0, 0.05) is 11.3 Å². The number of carbonyl (C=O) groups is 2. The number of nitriles is 1. The topological polar surface area (TPSA) is 99.9 Å². The molecule has 8 heteroatoms. The quantitative estimate of drug-likeness (QED) is 0.240. The maximum Gasteiger partial charge on any atom is 0.300 e. The van der Waals surface area contributed by atoms with E-state index in [2.05, 4.69) is 15.9 Å². The van der Waals surface area contributed by atoms with Crippen molar-refractivity contribution in [2.24, 2.45) is 0 Å². The van der Waals surface area contributed by atoms with Gasteiger partial charge in [0.2, 0.25) is 0 Å². The molecular weight excluding hydrogens is 524 g/mol. The van der Waals surface area contributed by atoms with Crippen LogP contribution < -0.4 is 14.4 Å². The van der Waals surface area contributed by atoms with Crippen molar-refractivity contribution >= 4 is 39.1 Å². The van der Waals surface area contributed by atoms with Crippen molar-refractivity contribution in [1.29, 1.82) is 5.26 Å². The number of benzene rings is 3. The van der Waals surface area contributed by atoms with Crippen molar-refractivity contribution < 1.29 is 24.2 Å². The second-order valence-electron chi connectivity index (χ2n) is 8.41. The first kappa shape index (κ1) is 25.0. The molecule has 1 unspecified atom stereocenters. The van der Waals surface area contributed by atoms with Crippen molar-refractivity contribution in [3.8, 4) is 17.6 Å². The minimum absolute atomic E-state index is 0.0198. The molecule has 4 rings (SSSR count). The van der Waals surface area contributed by atoms with E-state index in [-0.39, 0.29) is 17.4 Å². The Bertz CT molecular complexity index is 1390. The second-order valence-corrected chi connectivity index (χ2v) is 9.27. The van der Waals surface area contributed by atoms with E-state index in [0.717, 1.165) is 0 Å². The molecule has 36 heavy (non-hydrogen) atoms. The molecule has 3 aromatic rings. The van der Waals surface area contributed by atoms with Crippen molar-refractivity contribution in [3.05, 3.63) is 93.5 Å². The van der Waals surface area contributed by atoms with Gasteiger partial charge in [-0.05, 0) is 89.9 Å². The Kier molecular flexibility index (Phi) is 7.13. The Balaban J connectivity index is 1.89. The van der Waals surface area contributed by atoms with E-state index in [1.165, 1.54) is 12.0 Å². The number of ether oxygens (including phenoxy) is 2. The van der Waals surface area contributed by atoms with Crippen LogP contribution in [0.3, 0.4) is 0 Å². The summed E-state index contributed by atoms with van der Waals surface area (Å²) < 4.78 is 11.6. The minimum Gasteiger partial charge on any atom is -0.507 e. The molecular formula is C28H23BrN2O5. The summed E-state index contributed by atoms with van der Waals surface area (Å²) in [6, 6.07) is 19.5. The van der Waals surface area contributed by atoms with Crippen LogP contribution in [0.15, 0.2) is 76.8 Å². The first-order chi connectivity index (χ1) is 17.2. The summed E-state index contributed by atoms with van der Waals surface area (Å²) in [4.78, 5) is 27.9. The van der Waals surface area contributed by atoms with Gasteiger partial charge in [-0.1, -0.05) is 12.1 Å². The van der Waals surface area contributed by atoms with E-state index in [4.69, 9.17) is 14.7 Å². The number of Topliss-reactive ketones (excluding diaryl/α,β-unsaturated/α-hetero) is 1. The number of hydrogen-bond acceptors (Lipinski definition) is 6. The largest absolute Gasteiger partial charge is 0.507 e. The van der Waals surface area contributed by atoms with Gasteiger partial charge in [0.15, 0.2) is 0 Å². The summed E-state index contributed by atoms with van der Waals surface area (Å²) in [5.74, 6) is -0.692. The highest BCUT2D eigenvalue weighted by atomic mass is 79.9. The lowest BCUT2D eigenvalue weighted by Crippen LogP contribution is -2.29. The van der Waals surface area contributed by atoms with Gasteiger partial charge in [-0.3, -0.25) is 14.5 Å². The number of ketones is 1. The highest BCUT2D eigenvalue weighted by Gasteiger charge is 2.47. The SMILES string of the molecule is COc1ccc(/C(O)=C2/C(=O)C(=O)N(c3ccc(C#N)cc3)C2c2ccc(OC(C)C)cc2)cc1Br. The summed E-state index contributed by atoms with van der Waals surface area (Å²) in [7, 11) is 1.52. The Morgan fingerprint density at radius 2 is 1.72 bits per heavy atom. The summed E-state index contributed by atoms with van der Waals surface area (Å²) in [6.07, 6.45) is -0.0198. The first-order valence-electron chi connectivity index (χ1n) is 11.2. The van der Waals surface area contributed by atoms with Crippen LogP contribution in [0.1, 0.15) is 36.6 Å². The van der Waals surface area contributed by atoms with Crippen molar-refractivity contribution in [3.63, 3.8) is 0 Å². The zero-order valence-corrected chi connectivity index (χ0v) is 21.4. The van der Waals surface area contributed by atoms with Gasteiger partial charge >= 0.3 is 0 Å². The highest BCUT2D eigenvalue weighted by molar-refractivity contribution is 9.10. The van der Waals surface area contributed by atoms with Crippen LogP contribution in [0.25, 0.3) is 5.76 Å². The molecule has 1 atom stereocenters. The van der Waals surface area contributed by atoms with E-state index in [0.29, 0.717) is 38.3 Å². The molecule has 1 amide bonds. The summed E-state index contributed by atoms with van der Waals surface area (Å²) >= 11 is 3.40. The highest BCUT2D eigenvalue weighted by Crippen LogP contribution is 2.43. The Hall–Kier alpha value is -4.09. The van der Waals surface area contributed by atoms with Gasteiger partial charge in [0.05, 0.1) is 40.9 Å². The molecule has 1 saturated heterocycles. The zero-order chi connectivity index (χ0) is 26.0. The number of amides is 1. The van der Waals surface area contributed by atoms with Crippen LogP contribution in [0, 0.1) is 11.3 Å². The van der Waals surface area contributed by atoms with E-state index in [1.54, 1.807) is 66.7 Å². The fourth-order valence-electron chi connectivity index (χ4n) is 4.08. The number of nitrogens with zero attached hydrogens (tertiary/aromatic N) is 2. The van der Waals surface area contributed by atoms with Gasteiger partial charge in [0.1, 0.15) is 17.3 Å². The molecule has 1 N–H and O–H groups in total. The van der Waals surface area contributed by atoms with Crippen LogP contribution in [-0.4, -0.2) is 30.0 Å². The maximum atomic E-state index is 13.3. The number of aliphatic hydroxyl groups excluding tert-OH is 1. The van der Waals surface area contributed by atoms with Crippen molar-refractivity contribution in [1.82, 2.24) is 0 Å². The van der Waals surface area contributed by atoms with E-state index < -0.39 is 17.7 Å². The Morgan fingerprint density at radius 1 is 1.06 bits per heavy atom. The summed E-state index contributed by atoms with van der Waals surface area (Å²) in [6.45, 7) is 3.83. The number of anilines is 1. The third kappa shape index (κ3) is 4.70. The summed E-state index contributed by atoms with van der Waals surface area (Å²) in [5.41, 5.74) is 1.77. The predicted octanol–water partition coefficient (Wildman–Crippen LogP) is 5.74. The predicted molar refractivity (Wildman–Crippen MR) is 139 cm³/mol. The van der Waals surface area contributed by atoms with E-state index >= 15 is 0 Å². The van der Waals surface area contributed by atoms with Gasteiger partial charge in [-0.2, -0.15) is 5.26 Å². The molecule has 1 fully saturated rings. The Morgan fingerprint density at radius 3 is 2.28 bits per heavy atom. The van der Waals surface area contributed by atoms with Gasteiger partial charge < -0.3 is 14.6 Å². The average Bonchev–Trinajstić information content (AvgIpc) is 3.14. The number of rotatable bonds is 6. The lowest BCUT2D eigenvalue weighted by atomic mass is 9.95. The van der Waals surface area contributed by atoms with Gasteiger partial charge in [-0.25, -0.2) is 0 Å². The fourth-order valence-corrected chi connectivity index (χ4v) is 4.62. The number of carbonyl (C=O) groups excluding carboxylic acids is 2. The number of hydrogen-bond donors (Lipinski definition) is 1. The van der Waals surface area contributed by atoms with Crippen molar-refractivity contribution in [2.75, 3.05) is 12.0 Å². The van der Waals surface area contributed by atoms with Gasteiger partial charge in [-0.15, -0.1) is 0 Å². The maximum absolute atomic E-state index is 13.3. The molecule has 0 spiro atoms. The fraction of sp³-hybridized carbons (Fsp3) is 0.179. The lowest BCUT2D eigenvalue weighted by Gasteiger charge is -2.25. The number of methoxy groups -OCH3 is 1. The molecule has 0 bridgehead atoms. The molecule has 3 aromatic carbocycles. The van der Waals surface area contributed by atoms with Crippen LogP contribution in [0.5, 0.6) is 11.5 Å². The standard InChI is InChI=1S/C28H23BrN2O5/c1-16(2)36-21-11-6-18(7-12-21)25-24(26(32)19-8-13-23(35-3)22(29)14-19)27(33)28(34)31(25)20-9-4-17(15-30)5-10-20/h4-14,16,25,32H,1-3H3/b26-24-. The normalized spacial score (nSPS) is 16.8. The third-order valence-corrected chi connectivity index (χ3v) is 6.33. The molecule has 1 heterocycles. The molecule has 0 saturated carbocycles. The van der Waals surface area contributed by atoms with E-state index in [9.17, 15) is 14.7 Å². The first-order valence-corrected chi connectivity index (χ1v) is 12.0. The number of halogens is 1. The molecule has 1 aliphatic heterocycles. The molecule has 1 aliphatic rings. The molecule has 0 radical (unpaired) electrons. The third-order valence-electron chi connectivity index (χ3n) is 5.71. The smallest absolute Gasteiger partial charge is 0.300 e. The zero-order valence-electron chi connectivity index (χ0n) is 19.9.